The molecule has 132 valence electrons. The van der Waals surface area contributed by atoms with Crippen molar-refractivity contribution in [2.45, 2.75) is 57.2 Å². The minimum atomic E-state index is -3.60. The van der Waals surface area contributed by atoms with E-state index >= 15 is 0 Å². The molecule has 0 spiro atoms. The molecule has 2 N–H and O–H groups in total. The van der Waals surface area contributed by atoms with Crippen LogP contribution in [0, 0.1) is 0 Å². The molecule has 24 heavy (non-hydrogen) atoms. The van der Waals surface area contributed by atoms with E-state index in [0.717, 1.165) is 37.7 Å². The van der Waals surface area contributed by atoms with Crippen LogP contribution in [0.15, 0.2) is 30.3 Å². The maximum atomic E-state index is 12.6. The lowest BCUT2D eigenvalue weighted by Gasteiger charge is -2.25. The average Bonchev–Trinajstić information content (AvgIpc) is 3.24. The second-order valence-corrected chi connectivity index (χ2v) is 8.23. The lowest BCUT2D eigenvalue weighted by atomic mass is 10.2. The molecule has 1 aliphatic carbocycles. The zero-order chi connectivity index (χ0) is 17.0. The number of amides is 1. The monoisotopic (exact) mass is 351 g/mol. The molecule has 1 aromatic rings. The van der Waals surface area contributed by atoms with E-state index in [1.54, 1.807) is 0 Å². The molecular weight excluding hydrogens is 326 g/mol. The van der Waals surface area contributed by atoms with Gasteiger partial charge in [-0.15, -0.1) is 0 Å². The van der Waals surface area contributed by atoms with Crippen molar-refractivity contribution in [3.63, 3.8) is 0 Å². The highest BCUT2D eigenvalue weighted by Crippen LogP contribution is 2.24. The van der Waals surface area contributed by atoms with E-state index in [1.165, 1.54) is 4.31 Å². The van der Waals surface area contributed by atoms with Crippen molar-refractivity contribution in [3.05, 3.63) is 35.9 Å². The molecule has 0 aromatic heterocycles. The minimum Gasteiger partial charge on any atom is -0.351 e. The van der Waals surface area contributed by atoms with Crippen molar-refractivity contribution in [1.29, 1.82) is 0 Å². The van der Waals surface area contributed by atoms with Crippen LogP contribution in [0.4, 0.5) is 0 Å². The highest BCUT2D eigenvalue weighted by molar-refractivity contribution is 7.87. The fraction of sp³-hybridized carbons (Fsp3) is 0.588. The van der Waals surface area contributed by atoms with Crippen molar-refractivity contribution in [3.8, 4) is 0 Å². The summed E-state index contributed by atoms with van der Waals surface area (Å²) in [6.07, 6.45) is 5.19. The summed E-state index contributed by atoms with van der Waals surface area (Å²) in [7, 11) is -3.60. The van der Waals surface area contributed by atoms with Gasteiger partial charge in [-0.05, 0) is 31.2 Å². The molecule has 0 bridgehead atoms. The number of nitrogens with zero attached hydrogens (tertiary/aromatic N) is 1. The van der Waals surface area contributed by atoms with Gasteiger partial charge in [-0.1, -0.05) is 43.2 Å². The standard InChI is InChI=1S/C17H25N3O3S/c21-17(18-13-14-7-2-1-3-8-14)16-11-6-12-20(16)24(22,23)19-15-9-4-5-10-15/h1-3,7-8,15-16,19H,4-6,9-13H2,(H,18,21). The van der Waals surface area contributed by atoms with Gasteiger partial charge in [-0.2, -0.15) is 17.4 Å². The number of hydrogen-bond acceptors (Lipinski definition) is 3. The van der Waals surface area contributed by atoms with Crippen LogP contribution in [0.2, 0.25) is 0 Å². The van der Waals surface area contributed by atoms with E-state index < -0.39 is 16.3 Å². The second kappa shape index (κ2) is 7.63. The molecule has 1 unspecified atom stereocenters. The normalized spacial score (nSPS) is 22.8. The zero-order valence-electron chi connectivity index (χ0n) is 13.8. The Morgan fingerprint density at radius 1 is 1.08 bits per heavy atom. The summed E-state index contributed by atoms with van der Waals surface area (Å²) in [6, 6.07) is 9.04. The summed E-state index contributed by atoms with van der Waals surface area (Å²) in [5.41, 5.74) is 1.00. The van der Waals surface area contributed by atoms with Gasteiger partial charge in [0.25, 0.3) is 10.2 Å². The number of rotatable bonds is 6. The number of carbonyl (C=O) groups excluding carboxylic acids is 1. The summed E-state index contributed by atoms with van der Waals surface area (Å²) in [6.45, 7) is 0.825. The van der Waals surface area contributed by atoms with E-state index in [2.05, 4.69) is 10.0 Å². The summed E-state index contributed by atoms with van der Waals surface area (Å²) in [4.78, 5) is 12.5. The van der Waals surface area contributed by atoms with Gasteiger partial charge in [0.1, 0.15) is 6.04 Å². The molecule has 0 radical (unpaired) electrons. The van der Waals surface area contributed by atoms with Crippen LogP contribution in [0.3, 0.4) is 0 Å². The summed E-state index contributed by atoms with van der Waals surface area (Å²) in [5.74, 6) is -0.215. The van der Waals surface area contributed by atoms with Gasteiger partial charge in [0.05, 0.1) is 0 Å². The first-order valence-electron chi connectivity index (χ1n) is 8.67. The van der Waals surface area contributed by atoms with Crippen LogP contribution in [0.25, 0.3) is 0 Å². The van der Waals surface area contributed by atoms with Crippen LogP contribution in [-0.2, 0) is 21.5 Å². The van der Waals surface area contributed by atoms with Crippen LogP contribution in [0.5, 0.6) is 0 Å². The third kappa shape index (κ3) is 4.15. The van der Waals surface area contributed by atoms with Gasteiger partial charge in [0.2, 0.25) is 5.91 Å². The molecule has 1 saturated heterocycles. The molecule has 1 atom stereocenters. The van der Waals surface area contributed by atoms with Gasteiger partial charge in [-0.25, -0.2) is 0 Å². The Kier molecular flexibility index (Phi) is 5.53. The van der Waals surface area contributed by atoms with E-state index in [1.807, 2.05) is 30.3 Å². The van der Waals surface area contributed by atoms with Gasteiger partial charge < -0.3 is 5.32 Å². The molecule has 2 fully saturated rings. The highest BCUT2D eigenvalue weighted by Gasteiger charge is 2.39. The molecular formula is C17H25N3O3S. The third-order valence-electron chi connectivity index (χ3n) is 4.80. The van der Waals surface area contributed by atoms with Gasteiger partial charge in [-0.3, -0.25) is 4.79 Å². The first-order chi connectivity index (χ1) is 11.6. The molecule has 1 aromatic carbocycles. The first kappa shape index (κ1) is 17.4. The van der Waals surface area contributed by atoms with Gasteiger partial charge in [0.15, 0.2) is 0 Å². The Balaban J connectivity index is 1.60. The topological polar surface area (TPSA) is 78.5 Å². The lowest BCUT2D eigenvalue weighted by molar-refractivity contribution is -0.124. The SMILES string of the molecule is O=C(NCc1ccccc1)C1CCCN1S(=O)(=O)NC1CCCC1. The Bertz CT molecular complexity index is 657. The fourth-order valence-electron chi connectivity index (χ4n) is 3.51. The largest absolute Gasteiger partial charge is 0.351 e. The molecule has 7 heteroatoms. The molecule has 1 saturated carbocycles. The zero-order valence-corrected chi connectivity index (χ0v) is 14.6. The van der Waals surface area contributed by atoms with E-state index in [4.69, 9.17) is 0 Å². The predicted molar refractivity (Wildman–Crippen MR) is 92.3 cm³/mol. The Labute approximate surface area is 143 Å². The Morgan fingerprint density at radius 2 is 1.79 bits per heavy atom. The number of benzene rings is 1. The molecule has 1 heterocycles. The Morgan fingerprint density at radius 3 is 2.50 bits per heavy atom. The van der Waals surface area contributed by atoms with Crippen LogP contribution in [0.1, 0.15) is 44.1 Å². The van der Waals surface area contributed by atoms with Crippen LogP contribution < -0.4 is 10.0 Å². The molecule has 2 aliphatic rings. The van der Waals surface area contributed by atoms with Crippen molar-refractivity contribution in [1.82, 2.24) is 14.3 Å². The van der Waals surface area contributed by atoms with Gasteiger partial charge >= 0.3 is 0 Å². The quantitative estimate of drug-likeness (QED) is 0.816. The lowest BCUT2D eigenvalue weighted by Crippen LogP contribution is -2.51. The summed E-state index contributed by atoms with van der Waals surface area (Å²) < 4.78 is 29.3. The molecule has 3 rings (SSSR count). The first-order valence-corrected chi connectivity index (χ1v) is 10.1. The molecule has 6 nitrogen and oxygen atoms in total. The Hall–Kier alpha value is -1.44. The predicted octanol–water partition coefficient (Wildman–Crippen LogP) is 1.54. The number of nitrogens with one attached hydrogen (secondary N) is 2. The number of hydrogen-bond donors (Lipinski definition) is 2. The summed E-state index contributed by atoms with van der Waals surface area (Å²) in [5, 5.41) is 2.86. The molecule has 1 aliphatic heterocycles. The van der Waals surface area contributed by atoms with Crippen LogP contribution >= 0.6 is 0 Å². The minimum absolute atomic E-state index is 0.0172. The summed E-state index contributed by atoms with van der Waals surface area (Å²) >= 11 is 0. The van der Waals surface area contributed by atoms with Crippen molar-refractivity contribution in [2.24, 2.45) is 0 Å². The van der Waals surface area contributed by atoms with Crippen molar-refractivity contribution in [2.75, 3.05) is 6.54 Å². The van der Waals surface area contributed by atoms with E-state index in [9.17, 15) is 13.2 Å². The smallest absolute Gasteiger partial charge is 0.280 e. The van der Waals surface area contributed by atoms with E-state index in [-0.39, 0.29) is 11.9 Å². The second-order valence-electron chi connectivity index (χ2n) is 6.58. The molecule has 1 amide bonds. The average molecular weight is 351 g/mol. The third-order valence-corrected chi connectivity index (χ3v) is 6.48. The van der Waals surface area contributed by atoms with Crippen LogP contribution in [-0.4, -0.2) is 37.3 Å². The van der Waals surface area contributed by atoms with Gasteiger partial charge in [0, 0.05) is 19.1 Å². The maximum absolute atomic E-state index is 12.6. The van der Waals surface area contributed by atoms with E-state index in [0.29, 0.717) is 19.5 Å². The maximum Gasteiger partial charge on any atom is 0.280 e. The number of carbonyl (C=O) groups is 1. The highest BCUT2D eigenvalue weighted by atomic mass is 32.2. The van der Waals surface area contributed by atoms with Crippen molar-refractivity contribution >= 4 is 16.1 Å². The van der Waals surface area contributed by atoms with Crippen molar-refractivity contribution < 1.29 is 13.2 Å². The fourth-order valence-corrected chi connectivity index (χ4v) is 5.21.